The number of carbonyl (C=O) groups is 1. The minimum absolute atomic E-state index is 0.264. The molecular weight excluding hydrogens is 352 g/mol. The highest BCUT2D eigenvalue weighted by Gasteiger charge is 2.24. The van der Waals surface area contributed by atoms with Crippen LogP contribution in [-0.4, -0.2) is 18.2 Å². The Morgan fingerprint density at radius 3 is 2.38 bits per heavy atom. The number of hydrogen-bond acceptors (Lipinski definition) is 5. The Bertz CT molecular complexity index is 886. The molecule has 1 heterocycles. The van der Waals surface area contributed by atoms with Crippen molar-refractivity contribution in [3.63, 3.8) is 0 Å². The maximum Gasteiger partial charge on any atom is 0.345 e. The van der Waals surface area contributed by atoms with Crippen molar-refractivity contribution < 1.29 is 14.1 Å². The fourth-order valence-electron chi connectivity index (χ4n) is 2.58. The molecule has 3 rings (SSSR count). The molecular formula is C20H19ClN2O3. The summed E-state index contributed by atoms with van der Waals surface area (Å²) in [5, 5.41) is 7.77. The van der Waals surface area contributed by atoms with Crippen LogP contribution in [0, 0.1) is 0 Å². The monoisotopic (exact) mass is 370 g/mol. The van der Waals surface area contributed by atoms with E-state index >= 15 is 0 Å². The summed E-state index contributed by atoms with van der Waals surface area (Å²) in [7, 11) is 1.33. The Morgan fingerprint density at radius 1 is 1.12 bits per heavy atom. The Labute approximate surface area is 156 Å². The third-order valence-corrected chi connectivity index (χ3v) is 4.34. The molecule has 26 heavy (non-hydrogen) atoms. The molecule has 5 nitrogen and oxygen atoms in total. The number of carbonyl (C=O) groups excluding carboxylic acids is 1. The van der Waals surface area contributed by atoms with Crippen LogP contribution in [0.4, 0.5) is 5.88 Å². The third-order valence-electron chi connectivity index (χ3n) is 4.08. The average molecular weight is 371 g/mol. The standard InChI is InChI=1S/C20H19ClN2O3/c1-3-13-4-6-14(7-5-13)12-22-19-17(20(24)25-2)18(23-26-19)15-8-10-16(21)11-9-15/h4-11,22H,3,12H2,1-2H3. The maximum atomic E-state index is 12.3. The quantitative estimate of drug-likeness (QED) is 0.621. The van der Waals surface area contributed by atoms with Gasteiger partial charge >= 0.3 is 5.97 Å². The van der Waals surface area contributed by atoms with Crippen LogP contribution in [0.1, 0.15) is 28.4 Å². The Morgan fingerprint density at radius 2 is 1.77 bits per heavy atom. The van der Waals surface area contributed by atoms with E-state index in [1.54, 1.807) is 24.3 Å². The summed E-state index contributed by atoms with van der Waals surface area (Å²) in [5.41, 5.74) is 3.74. The highest BCUT2D eigenvalue weighted by Crippen LogP contribution is 2.30. The van der Waals surface area contributed by atoms with Gasteiger partial charge in [0.25, 0.3) is 0 Å². The number of halogens is 1. The summed E-state index contributed by atoms with van der Waals surface area (Å²) in [6, 6.07) is 15.3. The van der Waals surface area contributed by atoms with E-state index in [1.807, 2.05) is 12.1 Å². The van der Waals surface area contributed by atoms with Crippen molar-refractivity contribution >= 4 is 23.5 Å². The van der Waals surface area contributed by atoms with E-state index in [0.717, 1.165) is 17.5 Å². The fourth-order valence-corrected chi connectivity index (χ4v) is 2.71. The molecule has 0 aliphatic heterocycles. The van der Waals surface area contributed by atoms with E-state index in [9.17, 15) is 4.79 Å². The molecule has 0 amide bonds. The first-order chi connectivity index (χ1) is 12.6. The van der Waals surface area contributed by atoms with Gasteiger partial charge in [-0.3, -0.25) is 0 Å². The van der Waals surface area contributed by atoms with Gasteiger partial charge in [0.05, 0.1) is 7.11 Å². The molecule has 0 fully saturated rings. The number of nitrogens with one attached hydrogen (secondary N) is 1. The highest BCUT2D eigenvalue weighted by molar-refractivity contribution is 6.30. The van der Waals surface area contributed by atoms with Gasteiger partial charge < -0.3 is 14.6 Å². The number of anilines is 1. The number of nitrogens with zero attached hydrogens (tertiary/aromatic N) is 1. The molecule has 0 saturated heterocycles. The van der Waals surface area contributed by atoms with Gasteiger partial charge in [0, 0.05) is 17.1 Å². The van der Waals surface area contributed by atoms with Crippen molar-refractivity contribution in [2.75, 3.05) is 12.4 Å². The number of aryl methyl sites for hydroxylation is 1. The van der Waals surface area contributed by atoms with Crippen molar-refractivity contribution in [3.8, 4) is 11.3 Å². The lowest BCUT2D eigenvalue weighted by Crippen LogP contribution is -2.07. The van der Waals surface area contributed by atoms with Crippen LogP contribution in [0.3, 0.4) is 0 Å². The molecule has 0 spiro atoms. The molecule has 0 aliphatic rings. The van der Waals surface area contributed by atoms with E-state index in [0.29, 0.717) is 17.3 Å². The first-order valence-electron chi connectivity index (χ1n) is 8.28. The number of aromatic nitrogens is 1. The van der Waals surface area contributed by atoms with Gasteiger partial charge in [0.15, 0.2) is 5.56 Å². The van der Waals surface area contributed by atoms with Crippen molar-refractivity contribution in [2.45, 2.75) is 19.9 Å². The van der Waals surface area contributed by atoms with Gasteiger partial charge in [-0.25, -0.2) is 4.79 Å². The predicted molar refractivity (Wildman–Crippen MR) is 101 cm³/mol. The number of hydrogen-bond donors (Lipinski definition) is 1. The van der Waals surface area contributed by atoms with E-state index in [-0.39, 0.29) is 11.4 Å². The van der Waals surface area contributed by atoms with Crippen LogP contribution in [0.15, 0.2) is 53.1 Å². The van der Waals surface area contributed by atoms with Crippen LogP contribution in [0.25, 0.3) is 11.3 Å². The zero-order chi connectivity index (χ0) is 18.5. The van der Waals surface area contributed by atoms with E-state index in [4.69, 9.17) is 20.9 Å². The highest BCUT2D eigenvalue weighted by atomic mass is 35.5. The van der Waals surface area contributed by atoms with Gasteiger partial charge in [-0.2, -0.15) is 0 Å². The van der Waals surface area contributed by atoms with Gasteiger partial charge in [-0.05, 0) is 29.7 Å². The van der Waals surface area contributed by atoms with E-state index in [2.05, 4.69) is 29.5 Å². The molecule has 6 heteroatoms. The average Bonchev–Trinajstić information content (AvgIpc) is 3.10. The SMILES string of the molecule is CCc1ccc(CNc2onc(-c3ccc(Cl)cc3)c2C(=O)OC)cc1. The maximum absolute atomic E-state index is 12.3. The lowest BCUT2D eigenvalue weighted by atomic mass is 10.1. The van der Waals surface area contributed by atoms with Crippen molar-refractivity contribution in [1.82, 2.24) is 5.16 Å². The van der Waals surface area contributed by atoms with Crippen molar-refractivity contribution in [3.05, 3.63) is 70.2 Å². The molecule has 0 saturated carbocycles. The third kappa shape index (κ3) is 3.89. The molecule has 1 aromatic heterocycles. The molecule has 0 bridgehead atoms. The Balaban J connectivity index is 1.86. The number of esters is 1. The topological polar surface area (TPSA) is 64.4 Å². The fraction of sp³-hybridized carbons (Fsp3) is 0.200. The second kappa shape index (κ2) is 8.06. The second-order valence-corrected chi connectivity index (χ2v) is 6.19. The molecule has 134 valence electrons. The smallest absolute Gasteiger partial charge is 0.345 e. The van der Waals surface area contributed by atoms with E-state index < -0.39 is 5.97 Å². The van der Waals surface area contributed by atoms with Gasteiger partial charge in [-0.1, -0.05) is 60.1 Å². The summed E-state index contributed by atoms with van der Waals surface area (Å²) in [5.74, 6) is -0.235. The van der Waals surface area contributed by atoms with Gasteiger partial charge in [0.2, 0.25) is 5.88 Å². The summed E-state index contributed by atoms with van der Waals surface area (Å²) in [6.07, 6.45) is 0.993. The Kier molecular flexibility index (Phi) is 5.58. The first-order valence-corrected chi connectivity index (χ1v) is 8.65. The van der Waals surface area contributed by atoms with Gasteiger partial charge in [-0.15, -0.1) is 0 Å². The summed E-state index contributed by atoms with van der Waals surface area (Å²) in [6.45, 7) is 2.62. The normalized spacial score (nSPS) is 10.6. The number of rotatable bonds is 6. The second-order valence-electron chi connectivity index (χ2n) is 5.76. The van der Waals surface area contributed by atoms with Crippen LogP contribution in [0.5, 0.6) is 0 Å². The Hall–Kier alpha value is -2.79. The molecule has 1 N–H and O–H groups in total. The molecule has 3 aromatic rings. The lowest BCUT2D eigenvalue weighted by Gasteiger charge is -2.06. The largest absolute Gasteiger partial charge is 0.465 e. The van der Waals surface area contributed by atoms with E-state index in [1.165, 1.54) is 12.7 Å². The van der Waals surface area contributed by atoms with Crippen LogP contribution >= 0.6 is 11.6 Å². The summed E-state index contributed by atoms with van der Waals surface area (Å²) < 4.78 is 10.3. The minimum atomic E-state index is -0.514. The zero-order valence-corrected chi connectivity index (χ0v) is 15.3. The van der Waals surface area contributed by atoms with Crippen LogP contribution < -0.4 is 5.32 Å². The molecule has 2 aromatic carbocycles. The molecule has 0 aliphatic carbocycles. The molecule has 0 unspecified atom stereocenters. The predicted octanol–water partition coefficient (Wildman–Crippen LogP) is 4.96. The van der Waals surface area contributed by atoms with Crippen molar-refractivity contribution in [1.29, 1.82) is 0 Å². The first kappa shape index (κ1) is 18.0. The van der Waals surface area contributed by atoms with Crippen LogP contribution in [-0.2, 0) is 17.7 Å². The molecule has 0 atom stereocenters. The number of benzene rings is 2. The number of methoxy groups -OCH3 is 1. The summed E-state index contributed by atoms with van der Waals surface area (Å²) >= 11 is 5.93. The minimum Gasteiger partial charge on any atom is -0.465 e. The molecule has 0 radical (unpaired) electrons. The van der Waals surface area contributed by atoms with Gasteiger partial charge in [0.1, 0.15) is 5.69 Å². The zero-order valence-electron chi connectivity index (χ0n) is 14.6. The van der Waals surface area contributed by atoms with Crippen molar-refractivity contribution in [2.24, 2.45) is 0 Å². The van der Waals surface area contributed by atoms with Crippen LogP contribution in [0.2, 0.25) is 5.02 Å². The number of ether oxygens (including phenoxy) is 1. The summed E-state index contributed by atoms with van der Waals surface area (Å²) in [4.78, 5) is 12.3. The lowest BCUT2D eigenvalue weighted by molar-refractivity contribution is 0.0602.